The minimum atomic E-state index is -0.609. The summed E-state index contributed by atoms with van der Waals surface area (Å²) in [6.45, 7) is 0. The van der Waals surface area contributed by atoms with Crippen molar-refractivity contribution in [2.45, 2.75) is 31.3 Å². The summed E-state index contributed by atoms with van der Waals surface area (Å²) in [7, 11) is 1.64. The van der Waals surface area contributed by atoms with Crippen LogP contribution in [-0.4, -0.2) is 23.5 Å². The summed E-state index contributed by atoms with van der Waals surface area (Å²) in [5, 5.41) is 1.05. The van der Waals surface area contributed by atoms with E-state index in [1.807, 2.05) is 30.3 Å². The monoisotopic (exact) mass is 255 g/mol. The average Bonchev–Trinajstić information content (AvgIpc) is 2.96. The highest BCUT2D eigenvalue weighted by Gasteiger charge is 2.41. The van der Waals surface area contributed by atoms with E-state index in [9.17, 15) is 4.79 Å². The van der Waals surface area contributed by atoms with Crippen LogP contribution < -0.4 is 0 Å². The van der Waals surface area contributed by atoms with Gasteiger partial charge in [-0.05, 0) is 37.8 Å². The van der Waals surface area contributed by atoms with Gasteiger partial charge < -0.3 is 4.74 Å². The second kappa shape index (κ2) is 4.74. The van der Waals surface area contributed by atoms with Gasteiger partial charge in [-0.1, -0.05) is 18.2 Å². The normalized spacial score (nSPS) is 17.7. The van der Waals surface area contributed by atoms with Crippen LogP contribution in [0.1, 0.15) is 36.0 Å². The largest absolute Gasteiger partial charge is 0.370 e. The van der Waals surface area contributed by atoms with Gasteiger partial charge >= 0.3 is 0 Å². The van der Waals surface area contributed by atoms with Crippen LogP contribution >= 0.6 is 0 Å². The van der Waals surface area contributed by atoms with Crippen molar-refractivity contribution in [1.82, 2.24) is 4.98 Å². The van der Waals surface area contributed by atoms with Gasteiger partial charge in [0, 0.05) is 24.3 Å². The zero-order valence-corrected chi connectivity index (χ0v) is 11.1. The molecule has 0 atom stereocenters. The number of benzene rings is 1. The minimum absolute atomic E-state index is 0.0973. The van der Waals surface area contributed by atoms with Crippen LogP contribution in [0.15, 0.2) is 36.5 Å². The van der Waals surface area contributed by atoms with Crippen molar-refractivity contribution in [2.24, 2.45) is 0 Å². The highest BCUT2D eigenvalue weighted by atomic mass is 16.5. The Hall–Kier alpha value is -1.74. The number of hydrogen-bond donors (Lipinski definition) is 0. The molecule has 98 valence electrons. The number of methoxy groups -OCH3 is 1. The Morgan fingerprint density at radius 3 is 2.79 bits per heavy atom. The third-order valence-corrected chi connectivity index (χ3v) is 4.08. The molecule has 0 radical (unpaired) electrons. The van der Waals surface area contributed by atoms with E-state index >= 15 is 0 Å². The lowest BCUT2D eigenvalue weighted by Crippen LogP contribution is -2.37. The van der Waals surface area contributed by atoms with Gasteiger partial charge in [0.15, 0.2) is 5.78 Å². The summed E-state index contributed by atoms with van der Waals surface area (Å²) in [5.74, 6) is 0.0973. The Labute approximate surface area is 112 Å². The Morgan fingerprint density at radius 1 is 1.26 bits per heavy atom. The molecule has 0 amide bonds. The molecule has 19 heavy (non-hydrogen) atoms. The molecule has 3 heteroatoms. The number of hydrogen-bond acceptors (Lipinski definition) is 3. The number of ether oxygens (including phenoxy) is 1. The number of carbonyl (C=O) groups excluding carboxylic acids is 1. The second-order valence-electron chi connectivity index (χ2n) is 5.15. The van der Waals surface area contributed by atoms with E-state index in [4.69, 9.17) is 4.74 Å². The number of ketones is 1. The number of fused-ring (bicyclic) bond motifs is 1. The molecule has 3 rings (SSSR count). The summed E-state index contributed by atoms with van der Waals surface area (Å²) in [6, 6.07) is 9.60. The van der Waals surface area contributed by atoms with Crippen LogP contribution in [0.5, 0.6) is 0 Å². The van der Waals surface area contributed by atoms with E-state index < -0.39 is 5.60 Å². The van der Waals surface area contributed by atoms with Crippen molar-refractivity contribution in [3.8, 4) is 0 Å². The SMILES string of the molecule is COC1(C(=O)c2ccc3cccnc3c2)CCCC1. The lowest BCUT2D eigenvalue weighted by Gasteiger charge is -2.25. The molecule has 0 saturated heterocycles. The molecule has 1 aliphatic carbocycles. The quantitative estimate of drug-likeness (QED) is 0.789. The van der Waals surface area contributed by atoms with E-state index in [0.717, 1.165) is 36.6 Å². The summed E-state index contributed by atoms with van der Waals surface area (Å²) < 4.78 is 5.56. The van der Waals surface area contributed by atoms with Gasteiger partial charge in [-0.15, -0.1) is 0 Å². The molecule has 1 fully saturated rings. The van der Waals surface area contributed by atoms with Crippen LogP contribution in [0, 0.1) is 0 Å². The third kappa shape index (κ3) is 2.04. The topological polar surface area (TPSA) is 39.2 Å². The molecule has 1 aromatic heterocycles. The second-order valence-corrected chi connectivity index (χ2v) is 5.15. The Balaban J connectivity index is 2.01. The molecule has 0 N–H and O–H groups in total. The number of rotatable bonds is 3. The number of Topliss-reactive ketones (excluding diaryl/α,β-unsaturated/α-hetero) is 1. The third-order valence-electron chi connectivity index (χ3n) is 4.08. The van der Waals surface area contributed by atoms with Gasteiger partial charge in [0.1, 0.15) is 5.60 Å². The fraction of sp³-hybridized carbons (Fsp3) is 0.375. The standard InChI is InChI=1S/C16H17NO2/c1-19-16(8-2-3-9-16)15(18)13-7-6-12-5-4-10-17-14(12)11-13/h4-7,10-11H,2-3,8-9H2,1H3. The maximum atomic E-state index is 12.7. The number of nitrogens with zero attached hydrogens (tertiary/aromatic N) is 1. The van der Waals surface area contributed by atoms with Crippen LogP contribution in [0.25, 0.3) is 10.9 Å². The van der Waals surface area contributed by atoms with Crippen LogP contribution in [-0.2, 0) is 4.74 Å². The molecular weight excluding hydrogens is 238 g/mol. The molecule has 0 bridgehead atoms. The highest BCUT2D eigenvalue weighted by Crippen LogP contribution is 2.35. The van der Waals surface area contributed by atoms with Gasteiger partial charge in [0.25, 0.3) is 0 Å². The summed E-state index contributed by atoms with van der Waals surface area (Å²) >= 11 is 0. The molecule has 1 heterocycles. The molecule has 0 spiro atoms. The summed E-state index contributed by atoms with van der Waals surface area (Å²) in [4.78, 5) is 17.0. The van der Waals surface area contributed by atoms with Gasteiger partial charge in [-0.2, -0.15) is 0 Å². The van der Waals surface area contributed by atoms with Gasteiger partial charge in [-0.25, -0.2) is 0 Å². The van der Waals surface area contributed by atoms with Crippen molar-refractivity contribution in [3.05, 3.63) is 42.1 Å². The Bertz CT molecular complexity index is 615. The highest BCUT2D eigenvalue weighted by molar-refractivity contribution is 6.04. The molecule has 0 unspecified atom stereocenters. The lowest BCUT2D eigenvalue weighted by atomic mass is 9.90. The summed E-state index contributed by atoms with van der Waals surface area (Å²) in [6.07, 6.45) is 5.51. The average molecular weight is 255 g/mol. The minimum Gasteiger partial charge on any atom is -0.370 e. The van der Waals surface area contributed by atoms with Crippen LogP contribution in [0.4, 0.5) is 0 Å². The maximum Gasteiger partial charge on any atom is 0.194 e. The number of aromatic nitrogens is 1. The molecule has 0 aliphatic heterocycles. The first-order chi connectivity index (χ1) is 9.25. The van der Waals surface area contributed by atoms with Gasteiger partial charge in [0.2, 0.25) is 0 Å². The van der Waals surface area contributed by atoms with E-state index in [2.05, 4.69) is 4.98 Å². The summed E-state index contributed by atoms with van der Waals surface area (Å²) in [5.41, 5.74) is 0.954. The first-order valence-electron chi connectivity index (χ1n) is 6.70. The number of pyridine rings is 1. The maximum absolute atomic E-state index is 12.7. The van der Waals surface area contributed by atoms with Crippen LogP contribution in [0.2, 0.25) is 0 Å². The molecule has 2 aromatic rings. The van der Waals surface area contributed by atoms with Gasteiger partial charge in [-0.3, -0.25) is 9.78 Å². The molecule has 1 aliphatic rings. The number of carbonyl (C=O) groups is 1. The predicted molar refractivity (Wildman–Crippen MR) is 74.3 cm³/mol. The lowest BCUT2D eigenvalue weighted by molar-refractivity contribution is 0.00603. The van der Waals surface area contributed by atoms with Crippen LogP contribution in [0.3, 0.4) is 0 Å². The van der Waals surface area contributed by atoms with Crippen molar-refractivity contribution in [3.63, 3.8) is 0 Å². The first-order valence-corrected chi connectivity index (χ1v) is 6.70. The van der Waals surface area contributed by atoms with Crippen molar-refractivity contribution >= 4 is 16.7 Å². The molecule has 3 nitrogen and oxygen atoms in total. The predicted octanol–water partition coefficient (Wildman–Crippen LogP) is 3.38. The van der Waals surface area contributed by atoms with Crippen molar-refractivity contribution < 1.29 is 9.53 Å². The molecular formula is C16H17NO2. The van der Waals surface area contributed by atoms with Crippen molar-refractivity contribution in [1.29, 1.82) is 0 Å². The Morgan fingerprint density at radius 2 is 2.05 bits per heavy atom. The fourth-order valence-corrected chi connectivity index (χ4v) is 2.94. The fourth-order valence-electron chi connectivity index (χ4n) is 2.94. The van der Waals surface area contributed by atoms with E-state index in [0.29, 0.717) is 5.56 Å². The smallest absolute Gasteiger partial charge is 0.194 e. The zero-order chi connectivity index (χ0) is 13.3. The van der Waals surface area contributed by atoms with Gasteiger partial charge in [0.05, 0.1) is 5.52 Å². The van der Waals surface area contributed by atoms with E-state index in [1.54, 1.807) is 13.3 Å². The molecule has 1 saturated carbocycles. The first kappa shape index (κ1) is 12.3. The molecule has 1 aromatic carbocycles. The van der Waals surface area contributed by atoms with E-state index in [1.165, 1.54) is 0 Å². The van der Waals surface area contributed by atoms with Crippen molar-refractivity contribution in [2.75, 3.05) is 7.11 Å². The Kier molecular flexibility index (Phi) is 3.07. The zero-order valence-electron chi connectivity index (χ0n) is 11.1. The van der Waals surface area contributed by atoms with E-state index in [-0.39, 0.29) is 5.78 Å².